The molecule has 6 nitrogen and oxygen atoms in total. The maximum Gasteiger partial charge on any atom is 0.225 e. The number of rotatable bonds is 2. The third-order valence-electron chi connectivity index (χ3n) is 3.05. The van der Waals surface area contributed by atoms with Crippen LogP contribution in [0.25, 0.3) is 0 Å². The van der Waals surface area contributed by atoms with Gasteiger partial charge in [0.05, 0.1) is 18.1 Å². The van der Waals surface area contributed by atoms with Crippen molar-refractivity contribution >= 4 is 11.6 Å². The minimum absolute atomic E-state index is 0.810. The molecule has 0 unspecified atom stereocenters. The minimum Gasteiger partial charge on any atom is -0.367 e. The highest BCUT2D eigenvalue weighted by molar-refractivity contribution is 5.45. The van der Waals surface area contributed by atoms with E-state index in [4.69, 9.17) is 0 Å². The molecule has 0 atom stereocenters. The SMILES string of the molecule is c1cnc(N2CCN(c3ccnnc3)CC2)nc1. The van der Waals surface area contributed by atoms with Gasteiger partial charge in [-0.3, -0.25) is 0 Å². The van der Waals surface area contributed by atoms with Crippen molar-refractivity contribution < 1.29 is 0 Å². The topological polar surface area (TPSA) is 58.0 Å². The Balaban J connectivity index is 1.65. The van der Waals surface area contributed by atoms with E-state index in [1.54, 1.807) is 24.8 Å². The van der Waals surface area contributed by atoms with Crippen LogP contribution in [0.4, 0.5) is 11.6 Å². The second-order valence-electron chi connectivity index (χ2n) is 4.12. The van der Waals surface area contributed by atoms with Crippen LogP contribution in [0.2, 0.25) is 0 Å². The van der Waals surface area contributed by atoms with Gasteiger partial charge in [-0.25, -0.2) is 9.97 Å². The van der Waals surface area contributed by atoms with Crippen LogP contribution in [0.15, 0.2) is 36.9 Å². The molecule has 0 radical (unpaired) electrons. The Hall–Kier alpha value is -2.24. The summed E-state index contributed by atoms with van der Waals surface area (Å²) >= 11 is 0. The second kappa shape index (κ2) is 4.95. The van der Waals surface area contributed by atoms with Gasteiger partial charge in [-0.05, 0) is 12.1 Å². The molecule has 1 aliphatic rings. The van der Waals surface area contributed by atoms with E-state index >= 15 is 0 Å². The van der Waals surface area contributed by atoms with Crippen LogP contribution in [-0.2, 0) is 0 Å². The Morgan fingerprint density at radius 1 is 0.833 bits per heavy atom. The van der Waals surface area contributed by atoms with Crippen LogP contribution in [0.1, 0.15) is 0 Å². The van der Waals surface area contributed by atoms with Crippen LogP contribution in [0.3, 0.4) is 0 Å². The molecule has 0 aliphatic carbocycles. The molecule has 0 saturated carbocycles. The molecule has 0 bridgehead atoms. The molecule has 1 fully saturated rings. The summed E-state index contributed by atoms with van der Waals surface area (Å²) in [4.78, 5) is 13.0. The van der Waals surface area contributed by atoms with Gasteiger partial charge < -0.3 is 9.80 Å². The zero-order valence-corrected chi connectivity index (χ0v) is 9.98. The first-order valence-corrected chi connectivity index (χ1v) is 5.97. The van der Waals surface area contributed by atoms with Crippen molar-refractivity contribution in [1.82, 2.24) is 20.2 Å². The number of anilines is 2. The van der Waals surface area contributed by atoms with E-state index in [0.29, 0.717) is 0 Å². The molecule has 92 valence electrons. The predicted molar refractivity (Wildman–Crippen MR) is 68.5 cm³/mol. The molecule has 2 aromatic rings. The first kappa shape index (κ1) is 10.9. The van der Waals surface area contributed by atoms with Crippen LogP contribution in [-0.4, -0.2) is 46.3 Å². The van der Waals surface area contributed by atoms with E-state index in [-0.39, 0.29) is 0 Å². The van der Waals surface area contributed by atoms with Gasteiger partial charge in [0.15, 0.2) is 0 Å². The fraction of sp³-hybridized carbons (Fsp3) is 0.333. The summed E-state index contributed by atoms with van der Waals surface area (Å²) in [5.41, 5.74) is 1.12. The smallest absolute Gasteiger partial charge is 0.225 e. The predicted octanol–water partition coefficient (Wildman–Crippen LogP) is 0.593. The van der Waals surface area contributed by atoms with Crippen molar-refractivity contribution in [2.45, 2.75) is 0 Å². The highest BCUT2D eigenvalue weighted by atomic mass is 15.3. The third kappa shape index (κ3) is 2.22. The molecular weight excluding hydrogens is 228 g/mol. The normalized spacial score (nSPS) is 15.8. The molecule has 0 aromatic carbocycles. The molecule has 1 aliphatic heterocycles. The van der Waals surface area contributed by atoms with Crippen LogP contribution in [0, 0.1) is 0 Å². The summed E-state index contributed by atoms with van der Waals surface area (Å²) in [6.45, 7) is 3.74. The van der Waals surface area contributed by atoms with Crippen molar-refractivity contribution in [2.75, 3.05) is 36.0 Å². The Labute approximate surface area is 105 Å². The molecule has 3 heterocycles. The summed E-state index contributed by atoms with van der Waals surface area (Å²) in [6, 6.07) is 3.82. The largest absolute Gasteiger partial charge is 0.367 e. The van der Waals surface area contributed by atoms with E-state index in [0.717, 1.165) is 37.8 Å². The fourth-order valence-corrected chi connectivity index (χ4v) is 2.09. The number of hydrogen-bond acceptors (Lipinski definition) is 6. The molecule has 3 rings (SSSR count). The lowest BCUT2D eigenvalue weighted by Gasteiger charge is -2.35. The zero-order valence-electron chi connectivity index (χ0n) is 9.98. The van der Waals surface area contributed by atoms with Gasteiger partial charge in [-0.2, -0.15) is 10.2 Å². The van der Waals surface area contributed by atoms with Gasteiger partial charge >= 0.3 is 0 Å². The quantitative estimate of drug-likeness (QED) is 0.768. The van der Waals surface area contributed by atoms with Gasteiger partial charge in [0.2, 0.25) is 5.95 Å². The molecule has 6 heteroatoms. The van der Waals surface area contributed by atoms with E-state index in [9.17, 15) is 0 Å². The van der Waals surface area contributed by atoms with Crippen molar-refractivity contribution in [2.24, 2.45) is 0 Å². The van der Waals surface area contributed by atoms with E-state index in [1.165, 1.54) is 0 Å². The zero-order chi connectivity index (χ0) is 12.2. The first-order chi connectivity index (χ1) is 8.93. The average Bonchev–Trinajstić information content (AvgIpc) is 2.49. The second-order valence-corrected chi connectivity index (χ2v) is 4.12. The van der Waals surface area contributed by atoms with Gasteiger partial charge in [0.1, 0.15) is 0 Å². The van der Waals surface area contributed by atoms with Crippen molar-refractivity contribution in [3.8, 4) is 0 Å². The first-order valence-electron chi connectivity index (χ1n) is 5.97. The molecule has 0 spiro atoms. The lowest BCUT2D eigenvalue weighted by Crippen LogP contribution is -2.47. The number of hydrogen-bond donors (Lipinski definition) is 0. The lowest BCUT2D eigenvalue weighted by molar-refractivity contribution is 0.638. The van der Waals surface area contributed by atoms with Crippen molar-refractivity contribution in [3.63, 3.8) is 0 Å². The fourth-order valence-electron chi connectivity index (χ4n) is 2.09. The standard InChI is InChI=1S/C12H14N6/c1-3-13-12(14-4-1)18-8-6-17(7-9-18)11-2-5-15-16-10-11/h1-5,10H,6-9H2. The monoisotopic (exact) mass is 242 g/mol. The van der Waals surface area contributed by atoms with Gasteiger partial charge in [-0.15, -0.1) is 0 Å². The van der Waals surface area contributed by atoms with Crippen LogP contribution in [0.5, 0.6) is 0 Å². The Morgan fingerprint density at radius 2 is 1.56 bits per heavy atom. The highest BCUT2D eigenvalue weighted by Gasteiger charge is 2.18. The summed E-state index contributed by atoms with van der Waals surface area (Å²) < 4.78 is 0. The molecule has 2 aromatic heterocycles. The van der Waals surface area contributed by atoms with E-state index in [2.05, 4.69) is 30.0 Å². The molecule has 1 saturated heterocycles. The number of nitrogens with zero attached hydrogens (tertiary/aromatic N) is 6. The number of aromatic nitrogens is 4. The van der Waals surface area contributed by atoms with Gasteiger partial charge in [0, 0.05) is 38.6 Å². The Morgan fingerprint density at radius 3 is 2.22 bits per heavy atom. The summed E-state index contributed by atoms with van der Waals surface area (Å²) in [5.74, 6) is 0.810. The van der Waals surface area contributed by atoms with Crippen LogP contribution < -0.4 is 9.80 Å². The third-order valence-corrected chi connectivity index (χ3v) is 3.05. The summed E-state index contributed by atoms with van der Waals surface area (Å²) in [5, 5.41) is 7.70. The maximum atomic E-state index is 4.27. The van der Waals surface area contributed by atoms with E-state index < -0.39 is 0 Å². The Bertz CT molecular complexity index is 433. The molecule has 0 N–H and O–H groups in total. The molecular formula is C12H14N6. The van der Waals surface area contributed by atoms with Crippen molar-refractivity contribution in [3.05, 3.63) is 36.9 Å². The highest BCUT2D eigenvalue weighted by Crippen LogP contribution is 2.15. The van der Waals surface area contributed by atoms with E-state index in [1.807, 2.05) is 12.1 Å². The lowest BCUT2D eigenvalue weighted by atomic mass is 10.3. The average molecular weight is 242 g/mol. The van der Waals surface area contributed by atoms with Crippen LogP contribution >= 0.6 is 0 Å². The summed E-state index contributed by atoms with van der Waals surface area (Å²) in [6.07, 6.45) is 7.08. The summed E-state index contributed by atoms with van der Waals surface area (Å²) in [7, 11) is 0. The molecule has 18 heavy (non-hydrogen) atoms. The number of piperazine rings is 1. The van der Waals surface area contributed by atoms with Gasteiger partial charge in [-0.1, -0.05) is 0 Å². The minimum atomic E-state index is 0.810. The van der Waals surface area contributed by atoms with Crippen molar-refractivity contribution in [1.29, 1.82) is 0 Å². The molecule has 0 amide bonds. The maximum absolute atomic E-state index is 4.27. The Kier molecular flexibility index (Phi) is 2.99. The van der Waals surface area contributed by atoms with Gasteiger partial charge in [0.25, 0.3) is 0 Å².